The van der Waals surface area contributed by atoms with Crippen molar-refractivity contribution in [2.45, 2.75) is 19.1 Å². The van der Waals surface area contributed by atoms with Gasteiger partial charge in [-0.25, -0.2) is 5.14 Å². The minimum atomic E-state index is -3.83. The second-order valence-electron chi connectivity index (χ2n) is 9.28. The monoisotopic (exact) mass is 541 g/mol. The maximum absolute atomic E-state index is 14.0. The van der Waals surface area contributed by atoms with E-state index >= 15 is 0 Å². The van der Waals surface area contributed by atoms with Crippen LogP contribution in [-0.4, -0.2) is 64.1 Å². The normalized spacial score (nSPS) is 17.9. The van der Waals surface area contributed by atoms with E-state index in [2.05, 4.69) is 0 Å². The van der Waals surface area contributed by atoms with Crippen molar-refractivity contribution < 1.29 is 32.1 Å². The molecule has 2 aliphatic rings. The summed E-state index contributed by atoms with van der Waals surface area (Å²) >= 11 is 0. The van der Waals surface area contributed by atoms with Crippen LogP contribution in [0, 0.1) is 0 Å². The molecule has 0 saturated carbocycles. The second-order valence-corrected chi connectivity index (χ2v) is 10.8. The summed E-state index contributed by atoms with van der Waals surface area (Å²) in [6.07, 6.45) is -0.0121. The van der Waals surface area contributed by atoms with E-state index in [4.69, 9.17) is 28.8 Å². The van der Waals surface area contributed by atoms with Crippen LogP contribution in [0.25, 0.3) is 32.4 Å². The molecular formula is C26H27N3O8S. The average molecular weight is 542 g/mol. The molecule has 38 heavy (non-hydrogen) atoms. The van der Waals surface area contributed by atoms with Crippen molar-refractivity contribution in [3.05, 3.63) is 46.8 Å². The first-order valence-corrected chi connectivity index (χ1v) is 13.6. The van der Waals surface area contributed by atoms with E-state index in [1.54, 1.807) is 17.7 Å². The summed E-state index contributed by atoms with van der Waals surface area (Å²) in [5.74, 6) is 2.22. The summed E-state index contributed by atoms with van der Waals surface area (Å²) in [5, 5.41) is 9.12. The highest BCUT2D eigenvalue weighted by molar-refractivity contribution is 7.86. The number of pyridine rings is 1. The topological polar surface area (TPSA) is 132 Å². The Bertz CT molecular complexity index is 1750. The summed E-state index contributed by atoms with van der Waals surface area (Å²) in [6.45, 7) is 0.987. The van der Waals surface area contributed by atoms with Crippen LogP contribution in [0.1, 0.15) is 6.42 Å². The largest absolute Gasteiger partial charge is 0.493 e. The molecule has 6 rings (SSSR count). The van der Waals surface area contributed by atoms with E-state index < -0.39 is 16.3 Å². The number of fused-ring (bicyclic) bond motifs is 6. The maximum Gasteiger partial charge on any atom is 0.277 e. The Kier molecular flexibility index (Phi) is 6.06. The Balaban J connectivity index is 1.55. The van der Waals surface area contributed by atoms with Gasteiger partial charge in [0.1, 0.15) is 0 Å². The molecule has 2 N–H and O–H groups in total. The van der Waals surface area contributed by atoms with Crippen molar-refractivity contribution >= 4 is 42.7 Å². The predicted octanol–water partition coefficient (Wildman–Crippen LogP) is 2.35. The van der Waals surface area contributed by atoms with Gasteiger partial charge in [0.2, 0.25) is 6.79 Å². The van der Waals surface area contributed by atoms with Gasteiger partial charge in [0.05, 0.1) is 37.8 Å². The lowest BCUT2D eigenvalue weighted by Gasteiger charge is -2.31. The molecule has 1 saturated heterocycles. The van der Waals surface area contributed by atoms with E-state index in [-0.39, 0.29) is 38.6 Å². The van der Waals surface area contributed by atoms with Gasteiger partial charge in [0.15, 0.2) is 23.0 Å². The molecule has 0 amide bonds. The number of morpholine rings is 1. The van der Waals surface area contributed by atoms with Gasteiger partial charge in [-0.05, 0) is 36.1 Å². The van der Waals surface area contributed by atoms with E-state index in [1.807, 2.05) is 30.3 Å². The number of ether oxygens (including phenoxy) is 5. The molecule has 4 aromatic rings. The zero-order chi connectivity index (χ0) is 26.6. The number of hydrogen-bond donors (Lipinski definition) is 1. The van der Waals surface area contributed by atoms with Crippen LogP contribution in [-0.2, 0) is 21.5 Å². The van der Waals surface area contributed by atoms with Crippen molar-refractivity contribution in [1.29, 1.82) is 0 Å². The number of rotatable bonds is 6. The molecule has 1 fully saturated rings. The Hall–Kier alpha value is -3.58. The molecule has 12 heteroatoms. The Morgan fingerprint density at radius 3 is 2.39 bits per heavy atom. The fourth-order valence-corrected chi connectivity index (χ4v) is 6.02. The molecule has 1 unspecified atom stereocenters. The van der Waals surface area contributed by atoms with Crippen LogP contribution >= 0.6 is 0 Å². The Morgan fingerprint density at radius 2 is 1.68 bits per heavy atom. The molecule has 1 aromatic heterocycles. The molecule has 2 aliphatic heterocycles. The van der Waals surface area contributed by atoms with E-state index in [0.717, 1.165) is 27.1 Å². The molecule has 0 bridgehead atoms. The zero-order valence-corrected chi connectivity index (χ0v) is 21.7. The second kappa shape index (κ2) is 9.31. The van der Waals surface area contributed by atoms with Gasteiger partial charge in [-0.1, -0.05) is 12.1 Å². The average Bonchev–Trinajstić information content (AvgIpc) is 3.38. The molecule has 3 aromatic carbocycles. The lowest BCUT2D eigenvalue weighted by Crippen LogP contribution is -2.48. The standard InChI is InChI=1S/C26H27N3O8S/c1-33-21-11-19-17-4-3-15-9-23-24(37-14-36-23)10-18(15)25(17)29(26(30)20(19)12-22(21)34-2)6-5-16-13-28(7-8-35-16)38(27,31)32/h3-4,9-12,16H,5-8,13-14H2,1-2H3,(H2,27,31,32). The molecule has 1 atom stereocenters. The van der Waals surface area contributed by atoms with Crippen LogP contribution in [0.2, 0.25) is 0 Å². The van der Waals surface area contributed by atoms with Gasteiger partial charge < -0.3 is 28.3 Å². The SMILES string of the molecule is COc1cc2c(=O)n(CCC3CN(S(N)(=O)=O)CCO3)c3c4cc5c(cc4ccc3c2cc1OC)OCO5. The first-order valence-electron chi connectivity index (χ1n) is 12.1. The molecule has 0 spiro atoms. The van der Waals surface area contributed by atoms with Crippen LogP contribution in [0.5, 0.6) is 23.0 Å². The number of aryl methyl sites for hydroxylation is 1. The van der Waals surface area contributed by atoms with Gasteiger partial charge in [0, 0.05) is 35.8 Å². The molecule has 200 valence electrons. The third-order valence-corrected chi connectivity index (χ3v) is 8.23. The predicted molar refractivity (Wildman–Crippen MR) is 141 cm³/mol. The van der Waals surface area contributed by atoms with Crippen LogP contribution in [0.3, 0.4) is 0 Å². The molecule has 11 nitrogen and oxygen atoms in total. The summed E-state index contributed by atoms with van der Waals surface area (Å²) in [5.41, 5.74) is 0.516. The van der Waals surface area contributed by atoms with Gasteiger partial charge in [0.25, 0.3) is 15.8 Å². The fraction of sp³-hybridized carbons (Fsp3) is 0.346. The van der Waals surface area contributed by atoms with Crippen LogP contribution < -0.4 is 29.6 Å². The van der Waals surface area contributed by atoms with E-state index in [9.17, 15) is 13.2 Å². The van der Waals surface area contributed by atoms with Crippen LogP contribution in [0.4, 0.5) is 0 Å². The summed E-state index contributed by atoms with van der Waals surface area (Å²) in [7, 11) is -0.751. The summed E-state index contributed by atoms with van der Waals surface area (Å²) in [6, 6.07) is 11.3. The van der Waals surface area contributed by atoms with E-state index in [1.165, 1.54) is 11.4 Å². The molecule has 3 heterocycles. The first-order chi connectivity index (χ1) is 18.3. The van der Waals surface area contributed by atoms with Gasteiger partial charge in [-0.3, -0.25) is 4.79 Å². The van der Waals surface area contributed by atoms with Crippen molar-refractivity contribution in [3.63, 3.8) is 0 Å². The van der Waals surface area contributed by atoms with E-state index in [0.29, 0.717) is 34.8 Å². The molecule has 0 radical (unpaired) electrons. The number of methoxy groups -OCH3 is 2. The van der Waals surface area contributed by atoms with Crippen molar-refractivity contribution in [2.24, 2.45) is 5.14 Å². The lowest BCUT2D eigenvalue weighted by molar-refractivity contribution is -0.00756. The van der Waals surface area contributed by atoms with Gasteiger partial charge in [-0.15, -0.1) is 0 Å². The highest BCUT2D eigenvalue weighted by atomic mass is 32.2. The van der Waals surface area contributed by atoms with Gasteiger partial charge >= 0.3 is 0 Å². The quantitative estimate of drug-likeness (QED) is 0.368. The van der Waals surface area contributed by atoms with Gasteiger partial charge in [-0.2, -0.15) is 12.7 Å². The summed E-state index contributed by atoms with van der Waals surface area (Å²) in [4.78, 5) is 14.0. The highest BCUT2D eigenvalue weighted by Gasteiger charge is 2.27. The summed E-state index contributed by atoms with van der Waals surface area (Å²) < 4.78 is 54.7. The van der Waals surface area contributed by atoms with Crippen LogP contribution in [0.15, 0.2) is 41.2 Å². The third-order valence-electron chi connectivity index (χ3n) is 7.18. The number of aromatic nitrogens is 1. The lowest BCUT2D eigenvalue weighted by atomic mass is 9.99. The first kappa shape index (κ1) is 24.7. The highest BCUT2D eigenvalue weighted by Crippen LogP contribution is 2.41. The Morgan fingerprint density at radius 1 is 0.974 bits per heavy atom. The molecule has 0 aliphatic carbocycles. The van der Waals surface area contributed by atoms with Crippen molar-refractivity contribution in [2.75, 3.05) is 40.7 Å². The number of hydrogen-bond acceptors (Lipinski definition) is 8. The van der Waals surface area contributed by atoms with Crippen molar-refractivity contribution in [1.82, 2.24) is 8.87 Å². The molecular weight excluding hydrogens is 514 g/mol. The Labute approximate surface area is 218 Å². The number of benzene rings is 3. The minimum absolute atomic E-state index is 0.129. The third kappa shape index (κ3) is 4.09. The fourth-order valence-electron chi connectivity index (χ4n) is 5.32. The number of nitrogens with two attached hydrogens (primary N) is 1. The van der Waals surface area contributed by atoms with Crippen molar-refractivity contribution in [3.8, 4) is 23.0 Å². The zero-order valence-electron chi connectivity index (χ0n) is 20.9. The smallest absolute Gasteiger partial charge is 0.277 e. The minimum Gasteiger partial charge on any atom is -0.493 e. The maximum atomic E-state index is 14.0. The number of nitrogens with zero attached hydrogens (tertiary/aromatic N) is 2.